The van der Waals surface area contributed by atoms with Crippen molar-refractivity contribution < 1.29 is 9.90 Å². The average molecular weight is 250 g/mol. The molecule has 0 spiro atoms. The second kappa shape index (κ2) is 3.53. The van der Waals surface area contributed by atoms with Gasteiger partial charge in [0.1, 0.15) is 10.6 Å². The van der Waals surface area contributed by atoms with E-state index in [9.17, 15) is 4.79 Å². The highest BCUT2D eigenvalue weighted by Crippen LogP contribution is 2.32. The SMILES string of the molecule is CC1(/C=C/Br)NC(C(=O)O)=CS1. The van der Waals surface area contributed by atoms with Gasteiger partial charge in [0.25, 0.3) is 0 Å². The molecule has 0 saturated heterocycles. The Balaban J connectivity index is 2.68. The van der Waals surface area contributed by atoms with E-state index < -0.39 is 5.97 Å². The molecule has 2 N–H and O–H groups in total. The molecule has 12 heavy (non-hydrogen) atoms. The van der Waals surface area contributed by atoms with E-state index in [0.717, 1.165) is 0 Å². The summed E-state index contributed by atoms with van der Waals surface area (Å²) in [4.78, 5) is 11.9. The van der Waals surface area contributed by atoms with E-state index in [0.29, 0.717) is 0 Å². The lowest BCUT2D eigenvalue weighted by atomic mass is 10.3. The number of carboxylic acid groups (broad SMARTS) is 1. The van der Waals surface area contributed by atoms with Crippen LogP contribution in [0, 0.1) is 0 Å². The van der Waals surface area contributed by atoms with Crippen LogP contribution in [-0.2, 0) is 4.79 Å². The summed E-state index contributed by atoms with van der Waals surface area (Å²) in [6, 6.07) is 0. The van der Waals surface area contributed by atoms with Crippen LogP contribution in [0.4, 0.5) is 0 Å². The third-order valence-electron chi connectivity index (χ3n) is 1.42. The average Bonchev–Trinajstić information content (AvgIpc) is 2.33. The maximum absolute atomic E-state index is 10.5. The topological polar surface area (TPSA) is 49.3 Å². The second-order valence-corrected chi connectivity index (χ2v) is 4.33. The highest BCUT2D eigenvalue weighted by atomic mass is 79.9. The third-order valence-corrected chi connectivity index (χ3v) is 2.76. The zero-order chi connectivity index (χ0) is 9.19. The van der Waals surface area contributed by atoms with Crippen molar-refractivity contribution in [3.05, 3.63) is 22.2 Å². The van der Waals surface area contributed by atoms with E-state index in [4.69, 9.17) is 5.11 Å². The van der Waals surface area contributed by atoms with Gasteiger partial charge in [0.15, 0.2) is 0 Å². The number of carboxylic acids is 1. The van der Waals surface area contributed by atoms with Crippen LogP contribution in [0.15, 0.2) is 22.2 Å². The Hall–Kier alpha value is -0.420. The summed E-state index contributed by atoms with van der Waals surface area (Å²) in [5, 5.41) is 13.1. The van der Waals surface area contributed by atoms with E-state index in [1.807, 2.05) is 13.0 Å². The smallest absolute Gasteiger partial charge is 0.352 e. The lowest BCUT2D eigenvalue weighted by Gasteiger charge is -2.19. The molecule has 0 saturated carbocycles. The van der Waals surface area contributed by atoms with Gasteiger partial charge in [-0.3, -0.25) is 0 Å². The number of halogens is 1. The molecule has 0 radical (unpaired) electrons. The molecule has 0 aromatic carbocycles. The number of nitrogens with one attached hydrogen (secondary N) is 1. The Morgan fingerprint density at radius 2 is 2.58 bits per heavy atom. The predicted octanol–water partition coefficient (Wildman–Crippen LogP) is 1.87. The van der Waals surface area contributed by atoms with Crippen molar-refractivity contribution in [1.82, 2.24) is 5.32 Å². The molecule has 0 fully saturated rings. The summed E-state index contributed by atoms with van der Waals surface area (Å²) in [6.07, 6.45) is 1.85. The van der Waals surface area contributed by atoms with Gasteiger partial charge >= 0.3 is 5.97 Å². The molecule has 0 aliphatic carbocycles. The molecule has 3 nitrogen and oxygen atoms in total. The van der Waals surface area contributed by atoms with Gasteiger partial charge in [0.2, 0.25) is 0 Å². The van der Waals surface area contributed by atoms with Crippen LogP contribution in [0.2, 0.25) is 0 Å². The fourth-order valence-electron chi connectivity index (χ4n) is 0.813. The Kier molecular flexibility index (Phi) is 2.85. The van der Waals surface area contributed by atoms with Crippen molar-refractivity contribution in [3.8, 4) is 0 Å². The molecule has 1 atom stereocenters. The largest absolute Gasteiger partial charge is 0.477 e. The van der Waals surface area contributed by atoms with E-state index in [1.165, 1.54) is 11.8 Å². The van der Waals surface area contributed by atoms with E-state index >= 15 is 0 Å². The Morgan fingerprint density at radius 1 is 1.92 bits per heavy atom. The molecule has 1 aliphatic heterocycles. The first-order valence-corrected chi connectivity index (χ1v) is 5.04. The molecule has 0 aromatic rings. The van der Waals surface area contributed by atoms with Gasteiger partial charge in [-0.25, -0.2) is 4.79 Å². The molecule has 1 unspecified atom stereocenters. The van der Waals surface area contributed by atoms with Crippen molar-refractivity contribution >= 4 is 33.7 Å². The number of hydrogen-bond donors (Lipinski definition) is 2. The fraction of sp³-hybridized carbons (Fsp3) is 0.286. The van der Waals surface area contributed by atoms with Crippen LogP contribution in [0.25, 0.3) is 0 Å². The monoisotopic (exact) mass is 249 g/mol. The quantitative estimate of drug-likeness (QED) is 0.785. The minimum atomic E-state index is -0.922. The van der Waals surface area contributed by atoms with Crippen molar-refractivity contribution in [2.75, 3.05) is 0 Å². The van der Waals surface area contributed by atoms with Crippen molar-refractivity contribution in [2.45, 2.75) is 11.8 Å². The molecule has 0 amide bonds. The maximum Gasteiger partial charge on any atom is 0.352 e. The van der Waals surface area contributed by atoms with Crippen molar-refractivity contribution in [3.63, 3.8) is 0 Å². The van der Waals surface area contributed by atoms with E-state index in [-0.39, 0.29) is 10.6 Å². The van der Waals surface area contributed by atoms with Crippen LogP contribution in [-0.4, -0.2) is 15.9 Å². The number of carbonyl (C=O) groups is 1. The summed E-state index contributed by atoms with van der Waals surface area (Å²) >= 11 is 4.58. The number of rotatable bonds is 2. The van der Waals surface area contributed by atoms with Crippen LogP contribution >= 0.6 is 27.7 Å². The van der Waals surface area contributed by atoms with Gasteiger partial charge in [0, 0.05) is 5.41 Å². The summed E-state index contributed by atoms with van der Waals surface area (Å²) in [5.74, 6) is -0.922. The molecular formula is C7H8BrNO2S. The maximum atomic E-state index is 10.5. The van der Waals surface area contributed by atoms with Crippen molar-refractivity contribution in [1.29, 1.82) is 0 Å². The molecule has 5 heteroatoms. The summed E-state index contributed by atoms with van der Waals surface area (Å²) in [5.41, 5.74) is 0.244. The predicted molar refractivity (Wildman–Crippen MR) is 52.9 cm³/mol. The summed E-state index contributed by atoms with van der Waals surface area (Å²) in [7, 11) is 0. The zero-order valence-corrected chi connectivity index (χ0v) is 8.78. The van der Waals surface area contributed by atoms with Crippen LogP contribution in [0.3, 0.4) is 0 Å². The zero-order valence-electron chi connectivity index (χ0n) is 6.37. The first kappa shape index (κ1) is 9.67. The molecule has 1 heterocycles. The standard InChI is InChI=1S/C7H8BrNO2S/c1-7(2-3-8)9-5(4-12-7)6(10)11/h2-4,9H,1H3,(H,10,11)/b3-2+. The van der Waals surface area contributed by atoms with Gasteiger partial charge in [-0.1, -0.05) is 27.7 Å². The first-order valence-electron chi connectivity index (χ1n) is 3.25. The molecular weight excluding hydrogens is 242 g/mol. The molecule has 66 valence electrons. The van der Waals surface area contributed by atoms with Gasteiger partial charge in [-0.05, 0) is 18.0 Å². The lowest BCUT2D eigenvalue weighted by molar-refractivity contribution is -0.133. The first-order chi connectivity index (χ1) is 5.57. The number of hydrogen-bond acceptors (Lipinski definition) is 3. The highest BCUT2D eigenvalue weighted by molar-refractivity contribution is 9.11. The van der Waals surface area contributed by atoms with Crippen LogP contribution in [0.5, 0.6) is 0 Å². The Labute approximate surface area is 83.0 Å². The minimum absolute atomic E-state index is 0.244. The van der Waals surface area contributed by atoms with Gasteiger partial charge in [-0.2, -0.15) is 0 Å². The number of thioether (sulfide) groups is 1. The van der Waals surface area contributed by atoms with Gasteiger partial charge in [-0.15, -0.1) is 0 Å². The van der Waals surface area contributed by atoms with E-state index in [2.05, 4.69) is 21.2 Å². The van der Waals surface area contributed by atoms with Crippen LogP contribution < -0.4 is 5.32 Å². The molecule has 1 rings (SSSR count). The molecule has 0 aromatic heterocycles. The number of aliphatic carboxylic acids is 1. The van der Waals surface area contributed by atoms with Gasteiger partial charge in [0.05, 0.1) is 0 Å². The Morgan fingerprint density at radius 3 is 3.00 bits per heavy atom. The third kappa shape index (κ3) is 2.04. The molecule has 0 bridgehead atoms. The minimum Gasteiger partial charge on any atom is -0.477 e. The van der Waals surface area contributed by atoms with Gasteiger partial charge < -0.3 is 10.4 Å². The van der Waals surface area contributed by atoms with E-state index in [1.54, 1.807) is 10.4 Å². The van der Waals surface area contributed by atoms with Crippen LogP contribution in [0.1, 0.15) is 6.92 Å². The fourth-order valence-corrected chi connectivity index (χ4v) is 2.35. The van der Waals surface area contributed by atoms with Crippen molar-refractivity contribution in [2.24, 2.45) is 0 Å². The normalized spacial score (nSPS) is 28.7. The molecule has 1 aliphatic rings. The highest BCUT2D eigenvalue weighted by Gasteiger charge is 2.29. The lowest BCUT2D eigenvalue weighted by Crippen LogP contribution is -2.33. The summed E-state index contributed by atoms with van der Waals surface area (Å²) in [6.45, 7) is 1.90. The summed E-state index contributed by atoms with van der Waals surface area (Å²) < 4.78 is 0. The Bertz CT molecular complexity index is 264. The second-order valence-electron chi connectivity index (χ2n) is 2.48.